The number of carbonyl (C=O) groups excluding carboxylic acids is 1. The lowest BCUT2D eigenvalue weighted by Crippen LogP contribution is -2.21. The summed E-state index contributed by atoms with van der Waals surface area (Å²) in [7, 11) is 0. The van der Waals surface area contributed by atoms with Crippen LogP contribution in [0.4, 0.5) is 5.69 Å². The molecule has 1 aromatic heterocycles. The van der Waals surface area contributed by atoms with Gasteiger partial charge in [0, 0.05) is 29.9 Å². The first-order valence-corrected chi connectivity index (χ1v) is 7.98. The van der Waals surface area contributed by atoms with E-state index in [9.17, 15) is 4.79 Å². The topological polar surface area (TPSA) is 45.3 Å². The van der Waals surface area contributed by atoms with Crippen molar-refractivity contribution in [3.63, 3.8) is 0 Å². The van der Waals surface area contributed by atoms with Crippen LogP contribution in [0.15, 0.2) is 30.5 Å². The maximum absolute atomic E-state index is 12.2. The number of esters is 1. The summed E-state index contributed by atoms with van der Waals surface area (Å²) in [5.74, 6) is -0.301. The van der Waals surface area contributed by atoms with Crippen molar-refractivity contribution in [2.24, 2.45) is 0 Å². The van der Waals surface area contributed by atoms with Gasteiger partial charge in [0.1, 0.15) is 5.69 Å². The van der Waals surface area contributed by atoms with E-state index in [2.05, 4.69) is 9.88 Å². The van der Waals surface area contributed by atoms with Crippen LogP contribution in [0.3, 0.4) is 0 Å². The number of halogens is 1. The molecule has 1 aliphatic heterocycles. The molecule has 0 bridgehead atoms. The second-order valence-electron chi connectivity index (χ2n) is 5.35. The molecular formula is C17H19ClN2O2. The summed E-state index contributed by atoms with van der Waals surface area (Å²) in [6, 6.07) is 7.67. The molecule has 0 unspecified atom stereocenters. The molecule has 0 radical (unpaired) electrons. The van der Waals surface area contributed by atoms with Gasteiger partial charge in [-0.25, -0.2) is 4.79 Å². The Morgan fingerprint density at radius 1 is 1.27 bits per heavy atom. The average Bonchev–Trinajstić information content (AvgIpc) is 3.17. The Hall–Kier alpha value is -1.94. The van der Waals surface area contributed by atoms with Gasteiger partial charge in [-0.15, -0.1) is 0 Å². The fourth-order valence-corrected chi connectivity index (χ4v) is 3.02. The fraction of sp³-hybridized carbons (Fsp3) is 0.353. The second-order valence-corrected chi connectivity index (χ2v) is 5.78. The molecule has 22 heavy (non-hydrogen) atoms. The predicted octanol–water partition coefficient (Wildman–Crippen LogP) is 4.11. The summed E-state index contributed by atoms with van der Waals surface area (Å²) in [5.41, 5.74) is 3.53. The van der Waals surface area contributed by atoms with Crippen LogP contribution in [0.25, 0.3) is 11.1 Å². The average molecular weight is 319 g/mol. The third-order valence-corrected chi connectivity index (χ3v) is 4.16. The van der Waals surface area contributed by atoms with Gasteiger partial charge in [0.15, 0.2) is 0 Å². The molecule has 2 heterocycles. The predicted molar refractivity (Wildman–Crippen MR) is 88.6 cm³/mol. The van der Waals surface area contributed by atoms with Gasteiger partial charge >= 0.3 is 5.97 Å². The number of H-pyrrole nitrogens is 1. The van der Waals surface area contributed by atoms with Crippen LogP contribution in [-0.4, -0.2) is 30.6 Å². The van der Waals surface area contributed by atoms with Crippen LogP contribution in [-0.2, 0) is 4.74 Å². The van der Waals surface area contributed by atoms with Gasteiger partial charge in [-0.3, -0.25) is 0 Å². The molecule has 0 amide bonds. The summed E-state index contributed by atoms with van der Waals surface area (Å²) < 4.78 is 5.18. The van der Waals surface area contributed by atoms with Gasteiger partial charge in [0.25, 0.3) is 0 Å². The molecule has 0 atom stereocenters. The van der Waals surface area contributed by atoms with E-state index < -0.39 is 0 Å². The smallest absolute Gasteiger partial charge is 0.356 e. The van der Waals surface area contributed by atoms with Gasteiger partial charge in [0.2, 0.25) is 0 Å². The lowest BCUT2D eigenvalue weighted by atomic mass is 10.1. The molecule has 1 N–H and O–H groups in total. The monoisotopic (exact) mass is 318 g/mol. The summed E-state index contributed by atoms with van der Waals surface area (Å²) in [6.07, 6.45) is 4.17. The van der Waals surface area contributed by atoms with E-state index in [1.54, 1.807) is 0 Å². The first-order valence-electron chi connectivity index (χ1n) is 7.60. The van der Waals surface area contributed by atoms with E-state index >= 15 is 0 Å². The second kappa shape index (κ2) is 6.44. The number of rotatable bonds is 4. The van der Waals surface area contributed by atoms with Gasteiger partial charge in [-0.05, 0) is 37.5 Å². The maximum Gasteiger partial charge on any atom is 0.356 e. The molecule has 1 aliphatic rings. The summed E-state index contributed by atoms with van der Waals surface area (Å²) in [6.45, 7) is 4.11. The van der Waals surface area contributed by atoms with Gasteiger partial charge in [-0.1, -0.05) is 23.7 Å². The Labute approximate surface area is 135 Å². The minimum Gasteiger partial charge on any atom is -0.461 e. The van der Waals surface area contributed by atoms with Gasteiger partial charge in [0.05, 0.1) is 12.3 Å². The lowest BCUT2D eigenvalue weighted by Gasteiger charge is -2.20. The van der Waals surface area contributed by atoms with Crippen LogP contribution in [0, 0.1) is 0 Å². The molecule has 1 aromatic carbocycles. The Morgan fingerprint density at radius 3 is 2.59 bits per heavy atom. The third kappa shape index (κ3) is 2.83. The highest BCUT2D eigenvalue weighted by atomic mass is 35.5. The van der Waals surface area contributed by atoms with Crippen LogP contribution < -0.4 is 4.90 Å². The zero-order chi connectivity index (χ0) is 15.5. The first-order chi connectivity index (χ1) is 10.7. The Morgan fingerprint density at radius 2 is 1.95 bits per heavy atom. The van der Waals surface area contributed by atoms with E-state index in [1.807, 2.05) is 37.4 Å². The molecule has 0 saturated carbocycles. The normalized spacial score (nSPS) is 14.4. The van der Waals surface area contributed by atoms with Crippen molar-refractivity contribution in [1.29, 1.82) is 0 Å². The van der Waals surface area contributed by atoms with Crippen molar-refractivity contribution in [2.75, 3.05) is 24.6 Å². The Kier molecular flexibility index (Phi) is 4.39. The molecule has 1 saturated heterocycles. The van der Waals surface area contributed by atoms with E-state index in [1.165, 1.54) is 0 Å². The molecule has 116 valence electrons. The zero-order valence-electron chi connectivity index (χ0n) is 12.6. The molecule has 4 nitrogen and oxygen atoms in total. The number of benzene rings is 1. The lowest BCUT2D eigenvalue weighted by molar-refractivity contribution is 0.0521. The molecule has 0 spiro atoms. The zero-order valence-corrected chi connectivity index (χ0v) is 13.3. The maximum atomic E-state index is 12.2. The molecule has 2 aromatic rings. The third-order valence-electron chi connectivity index (χ3n) is 3.91. The van der Waals surface area contributed by atoms with Crippen molar-refractivity contribution in [3.8, 4) is 11.1 Å². The van der Waals surface area contributed by atoms with Crippen molar-refractivity contribution in [3.05, 3.63) is 41.2 Å². The summed E-state index contributed by atoms with van der Waals surface area (Å²) >= 11 is 5.97. The van der Waals surface area contributed by atoms with E-state index in [0.29, 0.717) is 17.3 Å². The minimum absolute atomic E-state index is 0.301. The molecule has 5 heteroatoms. The number of aromatic amines is 1. The number of hydrogen-bond donors (Lipinski definition) is 1. The standard InChI is InChI=1S/C17H19ClN2O2/c1-2-22-17(21)15-16(20-9-3-4-10-20)14(11-19-15)12-5-7-13(18)8-6-12/h5-8,11,19H,2-4,9-10H2,1H3. The van der Waals surface area contributed by atoms with E-state index in [-0.39, 0.29) is 5.97 Å². The number of aromatic nitrogens is 1. The fourth-order valence-electron chi connectivity index (χ4n) is 2.89. The molecular weight excluding hydrogens is 300 g/mol. The number of carbonyl (C=O) groups is 1. The van der Waals surface area contributed by atoms with Crippen molar-refractivity contribution >= 4 is 23.3 Å². The number of nitrogens with zero attached hydrogens (tertiary/aromatic N) is 1. The Bertz CT molecular complexity index is 658. The van der Waals surface area contributed by atoms with Crippen molar-refractivity contribution in [2.45, 2.75) is 19.8 Å². The molecule has 3 rings (SSSR count). The highest BCUT2D eigenvalue weighted by Crippen LogP contribution is 2.36. The first kappa shape index (κ1) is 15.0. The minimum atomic E-state index is -0.301. The highest BCUT2D eigenvalue weighted by Gasteiger charge is 2.26. The van der Waals surface area contributed by atoms with Crippen molar-refractivity contribution < 1.29 is 9.53 Å². The summed E-state index contributed by atoms with van der Waals surface area (Å²) in [5, 5.41) is 0.702. The van der Waals surface area contributed by atoms with E-state index in [0.717, 1.165) is 42.7 Å². The van der Waals surface area contributed by atoms with Crippen LogP contribution in [0.1, 0.15) is 30.3 Å². The largest absolute Gasteiger partial charge is 0.461 e. The number of ether oxygens (including phenoxy) is 1. The number of nitrogens with one attached hydrogen (secondary N) is 1. The SMILES string of the molecule is CCOC(=O)c1[nH]cc(-c2ccc(Cl)cc2)c1N1CCCC1. The molecule has 1 fully saturated rings. The molecule has 0 aliphatic carbocycles. The summed E-state index contributed by atoms with van der Waals surface area (Å²) in [4.78, 5) is 17.6. The van der Waals surface area contributed by atoms with Crippen LogP contribution >= 0.6 is 11.6 Å². The quantitative estimate of drug-likeness (QED) is 0.863. The van der Waals surface area contributed by atoms with Gasteiger partial charge < -0.3 is 14.6 Å². The van der Waals surface area contributed by atoms with Crippen LogP contribution in [0.5, 0.6) is 0 Å². The Balaban J connectivity index is 2.05. The highest BCUT2D eigenvalue weighted by molar-refractivity contribution is 6.30. The van der Waals surface area contributed by atoms with E-state index in [4.69, 9.17) is 16.3 Å². The van der Waals surface area contributed by atoms with Crippen LogP contribution in [0.2, 0.25) is 5.02 Å². The van der Waals surface area contributed by atoms with Crippen molar-refractivity contribution in [1.82, 2.24) is 4.98 Å². The number of anilines is 1. The van der Waals surface area contributed by atoms with Gasteiger partial charge in [-0.2, -0.15) is 0 Å². The number of hydrogen-bond acceptors (Lipinski definition) is 3.